The first-order valence-electron chi connectivity index (χ1n) is 4.88. The van der Waals surface area contributed by atoms with Gasteiger partial charge < -0.3 is 10.5 Å². The van der Waals surface area contributed by atoms with Crippen LogP contribution in [0.4, 0.5) is 4.79 Å². The zero-order chi connectivity index (χ0) is 11.3. The molecule has 0 aromatic carbocycles. The Labute approximate surface area is 89.5 Å². The molecule has 1 heterocycles. The van der Waals surface area contributed by atoms with Crippen molar-refractivity contribution in [3.63, 3.8) is 0 Å². The molecule has 15 heavy (non-hydrogen) atoms. The van der Waals surface area contributed by atoms with E-state index in [1.807, 2.05) is 32.0 Å². The van der Waals surface area contributed by atoms with E-state index in [2.05, 4.69) is 4.98 Å². The highest BCUT2D eigenvalue weighted by atomic mass is 16.6. The second-order valence-corrected chi connectivity index (χ2v) is 4.00. The number of nitrogens with zero attached hydrogens (tertiary/aromatic N) is 1. The van der Waals surface area contributed by atoms with Gasteiger partial charge in [-0.3, -0.25) is 4.98 Å². The van der Waals surface area contributed by atoms with Crippen molar-refractivity contribution >= 4 is 6.09 Å². The second-order valence-electron chi connectivity index (χ2n) is 4.00. The summed E-state index contributed by atoms with van der Waals surface area (Å²) in [5, 5.41) is 0. The number of carbonyl (C=O) groups is 1. The molecule has 4 heteroatoms. The lowest BCUT2D eigenvalue weighted by molar-refractivity contribution is 0.0392. The summed E-state index contributed by atoms with van der Waals surface area (Å²) in [5.74, 6) is 0. The minimum absolute atomic E-state index is 0.538. The van der Waals surface area contributed by atoms with Crippen LogP contribution in [0.5, 0.6) is 0 Å². The molecule has 0 atom stereocenters. The van der Waals surface area contributed by atoms with Gasteiger partial charge in [0.25, 0.3) is 0 Å². The van der Waals surface area contributed by atoms with E-state index in [4.69, 9.17) is 10.5 Å². The molecule has 0 unspecified atom stereocenters. The maximum absolute atomic E-state index is 10.6. The van der Waals surface area contributed by atoms with E-state index in [-0.39, 0.29) is 0 Å². The molecule has 0 saturated carbocycles. The Kier molecular flexibility index (Phi) is 3.66. The first kappa shape index (κ1) is 11.5. The summed E-state index contributed by atoms with van der Waals surface area (Å²) in [7, 11) is 0. The number of nitrogens with two attached hydrogens (primary N) is 1. The zero-order valence-corrected chi connectivity index (χ0v) is 9.06. The maximum Gasteiger partial charge on any atom is 0.405 e. The van der Waals surface area contributed by atoms with Crippen LogP contribution >= 0.6 is 0 Å². The number of rotatable bonds is 4. The number of aromatic nitrogens is 1. The van der Waals surface area contributed by atoms with Crippen molar-refractivity contribution in [3.05, 3.63) is 30.1 Å². The molecule has 4 nitrogen and oxygen atoms in total. The molecular formula is C11H16N2O2. The van der Waals surface area contributed by atoms with Gasteiger partial charge in [-0.15, -0.1) is 0 Å². The molecule has 0 fully saturated rings. The first-order valence-corrected chi connectivity index (χ1v) is 4.88. The molecule has 82 valence electrons. The van der Waals surface area contributed by atoms with E-state index < -0.39 is 11.7 Å². The molecule has 0 radical (unpaired) electrons. The van der Waals surface area contributed by atoms with Crippen molar-refractivity contribution in [1.82, 2.24) is 4.98 Å². The summed E-state index contributed by atoms with van der Waals surface area (Å²) < 4.78 is 4.97. The summed E-state index contributed by atoms with van der Waals surface area (Å²) in [6, 6.07) is 5.75. The molecule has 2 N–H and O–H groups in total. The maximum atomic E-state index is 10.6. The van der Waals surface area contributed by atoms with Crippen LogP contribution < -0.4 is 5.73 Å². The van der Waals surface area contributed by atoms with E-state index in [0.29, 0.717) is 6.42 Å². The highest BCUT2D eigenvalue weighted by molar-refractivity contribution is 5.65. The largest absolute Gasteiger partial charge is 0.444 e. The molecular weight excluding hydrogens is 192 g/mol. The Morgan fingerprint density at radius 3 is 2.80 bits per heavy atom. The van der Waals surface area contributed by atoms with Gasteiger partial charge in [0.2, 0.25) is 0 Å². The van der Waals surface area contributed by atoms with Crippen LogP contribution in [0.15, 0.2) is 24.4 Å². The highest BCUT2D eigenvalue weighted by Crippen LogP contribution is 2.16. The minimum atomic E-state index is -0.735. The van der Waals surface area contributed by atoms with Gasteiger partial charge in [-0.2, -0.15) is 0 Å². The van der Waals surface area contributed by atoms with E-state index >= 15 is 0 Å². The van der Waals surface area contributed by atoms with Crippen LogP contribution in [0.25, 0.3) is 0 Å². The smallest absolute Gasteiger partial charge is 0.405 e. The third-order valence-corrected chi connectivity index (χ3v) is 2.09. The predicted molar refractivity (Wildman–Crippen MR) is 57.3 cm³/mol. The van der Waals surface area contributed by atoms with E-state index in [1.54, 1.807) is 6.20 Å². The molecule has 0 aliphatic heterocycles. The van der Waals surface area contributed by atoms with Crippen molar-refractivity contribution in [1.29, 1.82) is 0 Å². The van der Waals surface area contributed by atoms with Crippen molar-refractivity contribution < 1.29 is 9.53 Å². The Bertz CT molecular complexity index is 323. The van der Waals surface area contributed by atoms with Gasteiger partial charge in [0.05, 0.1) is 0 Å². The molecule has 0 aliphatic rings. The van der Waals surface area contributed by atoms with Gasteiger partial charge in [-0.1, -0.05) is 6.07 Å². The number of carbonyl (C=O) groups excluding carboxylic acids is 1. The van der Waals surface area contributed by atoms with Crippen LogP contribution in [0.1, 0.15) is 26.0 Å². The van der Waals surface area contributed by atoms with Crippen molar-refractivity contribution in [2.75, 3.05) is 0 Å². The summed E-state index contributed by atoms with van der Waals surface area (Å²) in [4.78, 5) is 14.8. The standard InChI is InChI=1S/C11H16N2O2/c1-11(2,15-10(12)14)7-6-9-5-3-4-8-13-9/h3-5,8H,6-7H2,1-2H3,(H2,12,14). The average Bonchev–Trinajstić information content (AvgIpc) is 2.15. The summed E-state index contributed by atoms with van der Waals surface area (Å²) in [5.41, 5.74) is 5.42. The molecule has 1 aromatic rings. The fourth-order valence-electron chi connectivity index (χ4n) is 1.30. The summed E-state index contributed by atoms with van der Waals surface area (Å²) >= 11 is 0. The zero-order valence-electron chi connectivity index (χ0n) is 9.06. The summed E-state index contributed by atoms with van der Waals surface area (Å²) in [6.07, 6.45) is 2.48. The number of aryl methyl sites for hydroxylation is 1. The fraction of sp³-hybridized carbons (Fsp3) is 0.455. The summed E-state index contributed by atoms with van der Waals surface area (Å²) in [6.45, 7) is 3.67. The lowest BCUT2D eigenvalue weighted by Crippen LogP contribution is -2.31. The molecule has 0 aliphatic carbocycles. The van der Waals surface area contributed by atoms with Crippen molar-refractivity contribution in [3.8, 4) is 0 Å². The van der Waals surface area contributed by atoms with E-state index in [9.17, 15) is 4.79 Å². The average molecular weight is 208 g/mol. The Hall–Kier alpha value is -1.58. The normalized spacial score (nSPS) is 11.1. The molecule has 0 spiro atoms. The molecule has 0 bridgehead atoms. The Morgan fingerprint density at radius 1 is 1.53 bits per heavy atom. The molecule has 1 rings (SSSR count). The minimum Gasteiger partial charge on any atom is -0.444 e. The van der Waals surface area contributed by atoms with Gasteiger partial charge in [-0.05, 0) is 38.8 Å². The number of pyridine rings is 1. The van der Waals surface area contributed by atoms with E-state index in [1.165, 1.54) is 0 Å². The number of ether oxygens (including phenoxy) is 1. The predicted octanol–water partition coefficient (Wildman–Crippen LogP) is 1.89. The SMILES string of the molecule is CC(C)(CCc1ccccn1)OC(N)=O. The van der Waals surface area contributed by atoms with Gasteiger partial charge in [0.1, 0.15) is 5.60 Å². The fourth-order valence-corrected chi connectivity index (χ4v) is 1.30. The lowest BCUT2D eigenvalue weighted by atomic mass is 10.0. The monoisotopic (exact) mass is 208 g/mol. The first-order chi connectivity index (χ1) is 6.99. The van der Waals surface area contributed by atoms with Crippen LogP contribution in [-0.4, -0.2) is 16.7 Å². The molecule has 0 saturated heterocycles. The van der Waals surface area contributed by atoms with Crippen molar-refractivity contribution in [2.24, 2.45) is 5.73 Å². The topological polar surface area (TPSA) is 65.2 Å². The third kappa shape index (κ3) is 4.44. The van der Waals surface area contributed by atoms with Gasteiger partial charge in [0, 0.05) is 11.9 Å². The molecule has 1 amide bonds. The van der Waals surface area contributed by atoms with Gasteiger partial charge >= 0.3 is 6.09 Å². The van der Waals surface area contributed by atoms with Crippen LogP contribution in [0.2, 0.25) is 0 Å². The quantitative estimate of drug-likeness (QED) is 0.821. The van der Waals surface area contributed by atoms with Crippen LogP contribution in [0.3, 0.4) is 0 Å². The van der Waals surface area contributed by atoms with Crippen LogP contribution in [-0.2, 0) is 11.2 Å². The number of hydrogen-bond acceptors (Lipinski definition) is 3. The van der Waals surface area contributed by atoms with Crippen LogP contribution in [0, 0.1) is 0 Å². The Morgan fingerprint density at radius 2 is 2.27 bits per heavy atom. The van der Waals surface area contributed by atoms with Gasteiger partial charge in [0.15, 0.2) is 0 Å². The molecule has 1 aromatic heterocycles. The van der Waals surface area contributed by atoms with Gasteiger partial charge in [-0.25, -0.2) is 4.79 Å². The second kappa shape index (κ2) is 4.77. The van der Waals surface area contributed by atoms with Crippen molar-refractivity contribution in [2.45, 2.75) is 32.3 Å². The number of hydrogen-bond donors (Lipinski definition) is 1. The third-order valence-electron chi connectivity index (χ3n) is 2.09. The highest BCUT2D eigenvalue weighted by Gasteiger charge is 2.21. The lowest BCUT2D eigenvalue weighted by Gasteiger charge is -2.23. The number of amides is 1. The Balaban J connectivity index is 2.46. The van der Waals surface area contributed by atoms with E-state index in [0.717, 1.165) is 12.1 Å². The number of primary amides is 1.